The number of hydrogen-bond donors (Lipinski definition) is 1. The Balaban J connectivity index is 2.16. The molecule has 0 saturated heterocycles. The van der Waals surface area contributed by atoms with Gasteiger partial charge in [-0.05, 0) is 42.2 Å². The number of methoxy groups -OCH3 is 1. The highest BCUT2D eigenvalue weighted by Gasteiger charge is 2.08. The molecule has 0 fully saturated rings. The Morgan fingerprint density at radius 2 is 2.40 bits per heavy atom. The number of ether oxygens (including phenoxy) is 1. The summed E-state index contributed by atoms with van der Waals surface area (Å²) in [6, 6.07) is 0.337. The van der Waals surface area contributed by atoms with E-state index in [1.54, 1.807) is 18.4 Å². The lowest BCUT2D eigenvalue weighted by molar-refractivity contribution is 0.192. The lowest BCUT2D eigenvalue weighted by Gasteiger charge is -2.10. The Labute approximate surface area is 103 Å². The number of rotatable bonds is 7. The van der Waals surface area contributed by atoms with Crippen LogP contribution in [0.1, 0.15) is 30.8 Å². The predicted molar refractivity (Wildman–Crippen MR) is 67.3 cm³/mol. The van der Waals surface area contributed by atoms with Gasteiger partial charge in [-0.3, -0.25) is 0 Å². The molecule has 0 saturated carbocycles. The average Bonchev–Trinajstić information content (AvgIpc) is 2.64. The monoisotopic (exact) mass is 292 g/mol. The molecular weight excluding hydrogens is 276 g/mol. The molecule has 3 nitrogen and oxygen atoms in total. The van der Waals surface area contributed by atoms with E-state index in [1.165, 1.54) is 0 Å². The second-order valence-electron chi connectivity index (χ2n) is 3.38. The molecule has 86 valence electrons. The average molecular weight is 293 g/mol. The second kappa shape index (κ2) is 7.33. The maximum absolute atomic E-state index is 4.99. The van der Waals surface area contributed by atoms with Crippen LogP contribution in [-0.4, -0.2) is 25.2 Å². The van der Waals surface area contributed by atoms with Crippen molar-refractivity contribution in [3.8, 4) is 0 Å². The first-order chi connectivity index (χ1) is 7.24. The van der Waals surface area contributed by atoms with Crippen LogP contribution in [0.3, 0.4) is 0 Å². The second-order valence-corrected chi connectivity index (χ2v) is 5.82. The standard InChI is InChI=1S/C10H17BrN2OS/c1-8(10-13-7-9(11)15-10)12-5-3-4-6-14-2/h7-8,12H,3-6H2,1-2H3. The van der Waals surface area contributed by atoms with Crippen molar-refractivity contribution in [2.45, 2.75) is 25.8 Å². The molecule has 0 aromatic carbocycles. The van der Waals surface area contributed by atoms with E-state index in [0.717, 1.165) is 34.8 Å². The zero-order valence-corrected chi connectivity index (χ0v) is 11.5. The number of nitrogens with zero attached hydrogens (tertiary/aromatic N) is 1. The van der Waals surface area contributed by atoms with E-state index in [2.05, 4.69) is 33.2 Å². The summed E-state index contributed by atoms with van der Waals surface area (Å²) in [5.41, 5.74) is 0. The molecule has 1 atom stereocenters. The summed E-state index contributed by atoms with van der Waals surface area (Å²) in [6.45, 7) is 4.00. The Morgan fingerprint density at radius 1 is 1.60 bits per heavy atom. The summed E-state index contributed by atoms with van der Waals surface area (Å²) < 4.78 is 6.08. The number of halogens is 1. The molecule has 0 spiro atoms. The number of aromatic nitrogens is 1. The Morgan fingerprint density at radius 3 is 3.00 bits per heavy atom. The molecule has 0 aliphatic rings. The molecule has 0 aliphatic carbocycles. The van der Waals surface area contributed by atoms with Gasteiger partial charge in [-0.1, -0.05) is 0 Å². The molecule has 1 aromatic heterocycles. The SMILES string of the molecule is COCCCCNC(C)c1ncc(Br)s1. The van der Waals surface area contributed by atoms with Gasteiger partial charge in [0.15, 0.2) is 0 Å². The van der Waals surface area contributed by atoms with E-state index in [4.69, 9.17) is 4.74 Å². The maximum Gasteiger partial charge on any atom is 0.110 e. The minimum atomic E-state index is 0.337. The van der Waals surface area contributed by atoms with Gasteiger partial charge in [0.25, 0.3) is 0 Å². The third-order valence-corrected chi connectivity index (χ3v) is 3.75. The highest BCUT2D eigenvalue weighted by molar-refractivity contribution is 9.11. The van der Waals surface area contributed by atoms with Crippen LogP contribution in [0.15, 0.2) is 9.98 Å². The molecule has 0 amide bonds. The minimum absolute atomic E-state index is 0.337. The zero-order valence-electron chi connectivity index (χ0n) is 9.12. The molecule has 0 radical (unpaired) electrons. The Kier molecular flexibility index (Phi) is 6.40. The summed E-state index contributed by atoms with van der Waals surface area (Å²) >= 11 is 5.10. The number of unbranched alkanes of at least 4 members (excludes halogenated alkanes) is 1. The first kappa shape index (κ1) is 13.1. The van der Waals surface area contributed by atoms with Crippen molar-refractivity contribution in [3.63, 3.8) is 0 Å². The van der Waals surface area contributed by atoms with Gasteiger partial charge in [0.05, 0.1) is 16.0 Å². The van der Waals surface area contributed by atoms with Gasteiger partial charge in [-0.2, -0.15) is 0 Å². The first-order valence-corrected chi connectivity index (χ1v) is 6.68. The Hall–Kier alpha value is 0.0300. The largest absolute Gasteiger partial charge is 0.385 e. The van der Waals surface area contributed by atoms with E-state index in [0.29, 0.717) is 6.04 Å². The molecule has 5 heteroatoms. The van der Waals surface area contributed by atoms with Gasteiger partial charge < -0.3 is 10.1 Å². The van der Waals surface area contributed by atoms with E-state index < -0.39 is 0 Å². The number of thiazole rings is 1. The van der Waals surface area contributed by atoms with Crippen molar-refractivity contribution >= 4 is 27.3 Å². The van der Waals surface area contributed by atoms with E-state index in [9.17, 15) is 0 Å². The number of hydrogen-bond acceptors (Lipinski definition) is 4. The molecule has 15 heavy (non-hydrogen) atoms. The molecule has 1 heterocycles. The first-order valence-electron chi connectivity index (χ1n) is 5.07. The van der Waals surface area contributed by atoms with Gasteiger partial charge in [0.1, 0.15) is 5.01 Å². The van der Waals surface area contributed by atoms with Crippen LogP contribution in [0, 0.1) is 0 Å². The van der Waals surface area contributed by atoms with Gasteiger partial charge in [0.2, 0.25) is 0 Å². The minimum Gasteiger partial charge on any atom is -0.385 e. The molecule has 0 aliphatic heterocycles. The van der Waals surface area contributed by atoms with Crippen molar-refractivity contribution in [2.24, 2.45) is 0 Å². The van der Waals surface area contributed by atoms with Crippen molar-refractivity contribution < 1.29 is 4.74 Å². The van der Waals surface area contributed by atoms with Crippen LogP contribution in [0.5, 0.6) is 0 Å². The van der Waals surface area contributed by atoms with Crippen LogP contribution in [0.2, 0.25) is 0 Å². The quantitative estimate of drug-likeness (QED) is 0.785. The van der Waals surface area contributed by atoms with Gasteiger partial charge in [-0.15, -0.1) is 11.3 Å². The summed E-state index contributed by atoms with van der Waals surface area (Å²) in [5.74, 6) is 0. The van der Waals surface area contributed by atoms with Gasteiger partial charge in [0, 0.05) is 13.7 Å². The topological polar surface area (TPSA) is 34.1 Å². The fourth-order valence-corrected chi connectivity index (χ4v) is 2.52. The summed E-state index contributed by atoms with van der Waals surface area (Å²) in [5, 5.41) is 4.58. The normalized spacial score (nSPS) is 13.0. The zero-order chi connectivity index (χ0) is 11.1. The fraction of sp³-hybridized carbons (Fsp3) is 0.700. The lowest BCUT2D eigenvalue weighted by Crippen LogP contribution is -2.19. The summed E-state index contributed by atoms with van der Waals surface area (Å²) in [7, 11) is 1.74. The van der Waals surface area contributed by atoms with Gasteiger partial charge >= 0.3 is 0 Å². The van der Waals surface area contributed by atoms with Crippen molar-refractivity contribution in [1.29, 1.82) is 0 Å². The number of nitrogens with one attached hydrogen (secondary N) is 1. The van der Waals surface area contributed by atoms with Gasteiger partial charge in [-0.25, -0.2) is 4.98 Å². The van der Waals surface area contributed by atoms with E-state index >= 15 is 0 Å². The third kappa shape index (κ3) is 5.06. The highest BCUT2D eigenvalue weighted by Crippen LogP contribution is 2.23. The third-order valence-electron chi connectivity index (χ3n) is 2.09. The summed E-state index contributed by atoms with van der Waals surface area (Å²) in [6.07, 6.45) is 4.10. The van der Waals surface area contributed by atoms with Crippen molar-refractivity contribution in [1.82, 2.24) is 10.3 Å². The van der Waals surface area contributed by atoms with Crippen LogP contribution in [0.4, 0.5) is 0 Å². The maximum atomic E-state index is 4.99. The Bertz CT molecular complexity index is 280. The smallest absolute Gasteiger partial charge is 0.110 e. The fourth-order valence-electron chi connectivity index (χ4n) is 1.24. The molecule has 0 bridgehead atoms. The predicted octanol–water partition coefficient (Wildman–Crippen LogP) is 2.98. The van der Waals surface area contributed by atoms with Crippen molar-refractivity contribution in [2.75, 3.05) is 20.3 Å². The highest BCUT2D eigenvalue weighted by atomic mass is 79.9. The van der Waals surface area contributed by atoms with Crippen LogP contribution < -0.4 is 5.32 Å². The lowest BCUT2D eigenvalue weighted by atomic mass is 10.3. The molecule has 1 rings (SSSR count). The van der Waals surface area contributed by atoms with Crippen LogP contribution in [0.25, 0.3) is 0 Å². The molecule has 1 N–H and O–H groups in total. The van der Waals surface area contributed by atoms with Crippen LogP contribution >= 0.6 is 27.3 Å². The summed E-state index contributed by atoms with van der Waals surface area (Å²) in [4.78, 5) is 4.32. The van der Waals surface area contributed by atoms with E-state index in [1.807, 2.05) is 6.20 Å². The van der Waals surface area contributed by atoms with E-state index in [-0.39, 0.29) is 0 Å². The molecule has 1 aromatic rings. The van der Waals surface area contributed by atoms with Crippen molar-refractivity contribution in [3.05, 3.63) is 15.0 Å². The molecule has 1 unspecified atom stereocenters. The van der Waals surface area contributed by atoms with Crippen LogP contribution in [-0.2, 0) is 4.74 Å². The molecular formula is C10H17BrN2OS.